The average molecular weight is 419 g/mol. The van der Waals surface area contributed by atoms with Crippen LogP contribution < -0.4 is 4.74 Å². The van der Waals surface area contributed by atoms with Crippen LogP contribution in [-0.4, -0.2) is 25.7 Å². The predicted molar refractivity (Wildman–Crippen MR) is 109 cm³/mol. The first-order valence-electron chi connectivity index (χ1n) is 8.48. The van der Waals surface area contributed by atoms with E-state index in [0.717, 1.165) is 17.0 Å². The minimum atomic E-state index is -3.32. The molecule has 0 atom stereocenters. The van der Waals surface area contributed by atoms with Crippen LogP contribution in [0.25, 0.3) is 10.8 Å². The second kappa shape index (κ2) is 7.45. The van der Waals surface area contributed by atoms with E-state index in [0.29, 0.717) is 33.2 Å². The Hall–Kier alpha value is -2.57. The first-order chi connectivity index (χ1) is 13.1. The van der Waals surface area contributed by atoms with Crippen molar-refractivity contribution in [1.82, 2.24) is 0 Å². The van der Waals surface area contributed by atoms with Crippen LogP contribution in [0.15, 0.2) is 47.4 Å². The number of benzene rings is 3. The van der Waals surface area contributed by atoms with Gasteiger partial charge in [0, 0.05) is 16.7 Å². The summed E-state index contributed by atoms with van der Waals surface area (Å²) in [4.78, 5) is 11.5. The number of carboxylic acid groups (broad SMARTS) is 1. The fraction of sp³-hybridized carbons (Fsp3) is 0.190. The maximum atomic E-state index is 11.8. The van der Waals surface area contributed by atoms with E-state index in [-0.39, 0.29) is 11.3 Å². The maximum Gasteiger partial charge on any atom is 0.307 e. The number of fused-ring (bicyclic) bond motifs is 1. The lowest BCUT2D eigenvalue weighted by Crippen LogP contribution is -2.04. The molecule has 0 saturated carbocycles. The summed E-state index contributed by atoms with van der Waals surface area (Å²) >= 11 is 6.16. The summed E-state index contributed by atoms with van der Waals surface area (Å²) in [7, 11) is -3.32. The number of rotatable bonds is 5. The monoisotopic (exact) mass is 418 g/mol. The summed E-state index contributed by atoms with van der Waals surface area (Å²) in [6.07, 6.45) is 1.02. The van der Waals surface area contributed by atoms with Crippen molar-refractivity contribution in [3.05, 3.63) is 64.2 Å². The molecule has 146 valence electrons. The molecule has 0 saturated heterocycles. The molecule has 0 heterocycles. The molecule has 28 heavy (non-hydrogen) atoms. The Morgan fingerprint density at radius 3 is 2.43 bits per heavy atom. The Balaban J connectivity index is 2.17. The van der Waals surface area contributed by atoms with Crippen LogP contribution in [0.3, 0.4) is 0 Å². The fourth-order valence-electron chi connectivity index (χ4n) is 3.05. The van der Waals surface area contributed by atoms with Crippen molar-refractivity contribution in [3.63, 3.8) is 0 Å². The third-order valence-electron chi connectivity index (χ3n) is 4.54. The molecular weight excluding hydrogens is 400 g/mol. The van der Waals surface area contributed by atoms with E-state index >= 15 is 0 Å². The van der Waals surface area contributed by atoms with Crippen molar-refractivity contribution in [2.24, 2.45) is 0 Å². The Labute approximate surface area is 168 Å². The minimum Gasteiger partial charge on any atom is -0.481 e. The van der Waals surface area contributed by atoms with Crippen LogP contribution in [0.1, 0.15) is 16.7 Å². The lowest BCUT2D eigenvalue weighted by molar-refractivity contribution is -0.136. The largest absolute Gasteiger partial charge is 0.481 e. The van der Waals surface area contributed by atoms with Crippen molar-refractivity contribution >= 4 is 38.2 Å². The number of hydrogen-bond donors (Lipinski definition) is 1. The molecule has 0 unspecified atom stereocenters. The molecule has 0 radical (unpaired) electrons. The van der Waals surface area contributed by atoms with Gasteiger partial charge in [0.2, 0.25) is 0 Å². The highest BCUT2D eigenvalue weighted by Crippen LogP contribution is 2.38. The van der Waals surface area contributed by atoms with Crippen molar-refractivity contribution in [2.75, 3.05) is 6.26 Å². The van der Waals surface area contributed by atoms with E-state index < -0.39 is 15.8 Å². The molecule has 0 aliphatic carbocycles. The van der Waals surface area contributed by atoms with Crippen molar-refractivity contribution in [3.8, 4) is 11.5 Å². The van der Waals surface area contributed by atoms with E-state index in [1.165, 1.54) is 6.07 Å². The molecule has 3 aromatic carbocycles. The summed E-state index contributed by atoms with van der Waals surface area (Å²) in [5.41, 5.74) is 1.99. The normalized spacial score (nSPS) is 11.6. The average Bonchev–Trinajstić information content (AvgIpc) is 2.59. The summed E-state index contributed by atoms with van der Waals surface area (Å²) < 4.78 is 29.7. The lowest BCUT2D eigenvalue weighted by Gasteiger charge is -2.17. The van der Waals surface area contributed by atoms with Gasteiger partial charge in [0.15, 0.2) is 9.84 Å². The fourth-order valence-corrected chi connectivity index (χ4v) is 3.93. The van der Waals surface area contributed by atoms with Gasteiger partial charge in [-0.1, -0.05) is 23.7 Å². The van der Waals surface area contributed by atoms with Crippen LogP contribution in [-0.2, 0) is 21.1 Å². The highest BCUT2D eigenvalue weighted by Gasteiger charge is 2.17. The third kappa shape index (κ3) is 4.13. The van der Waals surface area contributed by atoms with Crippen LogP contribution in [0.5, 0.6) is 11.5 Å². The van der Waals surface area contributed by atoms with Crippen molar-refractivity contribution in [2.45, 2.75) is 25.2 Å². The van der Waals surface area contributed by atoms with Crippen LogP contribution in [0, 0.1) is 13.8 Å². The molecule has 0 spiro atoms. The van der Waals surface area contributed by atoms with Crippen LogP contribution in [0.4, 0.5) is 0 Å². The number of aliphatic carboxylic acids is 1. The highest BCUT2D eigenvalue weighted by atomic mass is 35.5. The molecule has 3 aromatic rings. The molecule has 0 amide bonds. The van der Waals surface area contributed by atoms with Gasteiger partial charge in [-0.15, -0.1) is 0 Å². The first-order valence-corrected chi connectivity index (χ1v) is 10.8. The Bertz CT molecular complexity index is 1200. The number of sulfone groups is 1. The number of hydrogen-bond acceptors (Lipinski definition) is 4. The summed E-state index contributed by atoms with van der Waals surface area (Å²) in [5, 5.41) is 11.3. The van der Waals surface area contributed by atoms with Gasteiger partial charge in [0.1, 0.15) is 11.5 Å². The van der Waals surface area contributed by atoms with Gasteiger partial charge in [-0.2, -0.15) is 0 Å². The third-order valence-corrected chi connectivity index (χ3v) is 5.89. The minimum absolute atomic E-state index is 0.132. The molecule has 0 aliphatic heterocycles. The number of carbonyl (C=O) groups is 1. The highest BCUT2D eigenvalue weighted by molar-refractivity contribution is 7.90. The Morgan fingerprint density at radius 1 is 1.11 bits per heavy atom. The topological polar surface area (TPSA) is 80.7 Å². The van der Waals surface area contributed by atoms with E-state index in [1.54, 1.807) is 38.1 Å². The van der Waals surface area contributed by atoms with Gasteiger partial charge in [0.25, 0.3) is 0 Å². The quantitative estimate of drug-likeness (QED) is 0.635. The second-order valence-corrected chi connectivity index (χ2v) is 9.18. The van der Waals surface area contributed by atoms with Crippen molar-refractivity contribution < 1.29 is 23.1 Å². The zero-order chi connectivity index (χ0) is 20.6. The Kier molecular flexibility index (Phi) is 5.37. The number of ether oxygens (including phenoxy) is 1. The zero-order valence-corrected chi connectivity index (χ0v) is 17.2. The number of carboxylic acids is 1. The van der Waals surface area contributed by atoms with Gasteiger partial charge in [-0.05, 0) is 66.3 Å². The molecule has 1 N–H and O–H groups in total. The first kappa shape index (κ1) is 20.2. The lowest BCUT2D eigenvalue weighted by atomic mass is 9.98. The maximum absolute atomic E-state index is 11.8. The molecular formula is C21H19ClO5S. The van der Waals surface area contributed by atoms with Crippen LogP contribution in [0.2, 0.25) is 5.02 Å². The van der Waals surface area contributed by atoms with Crippen LogP contribution >= 0.6 is 11.6 Å². The molecule has 7 heteroatoms. The summed E-state index contributed by atoms with van der Waals surface area (Å²) in [5.74, 6) is 0.0618. The van der Waals surface area contributed by atoms with E-state index in [2.05, 4.69) is 0 Å². The molecule has 0 aromatic heterocycles. The number of aryl methyl sites for hydroxylation is 1. The van der Waals surface area contributed by atoms with Crippen molar-refractivity contribution in [1.29, 1.82) is 0 Å². The number of halogens is 1. The summed E-state index contributed by atoms with van der Waals surface area (Å²) in [6, 6.07) is 11.8. The molecule has 0 bridgehead atoms. The SMILES string of the molecule is Cc1cc(S(C)(=O)=O)ccc1Oc1c(C)c(CC(=O)O)cc2ccc(Cl)cc12. The van der Waals surface area contributed by atoms with Gasteiger partial charge < -0.3 is 9.84 Å². The summed E-state index contributed by atoms with van der Waals surface area (Å²) in [6.45, 7) is 3.56. The van der Waals surface area contributed by atoms with Gasteiger partial charge in [-0.25, -0.2) is 8.42 Å². The Morgan fingerprint density at radius 2 is 1.82 bits per heavy atom. The van der Waals surface area contributed by atoms with E-state index in [4.69, 9.17) is 16.3 Å². The zero-order valence-electron chi connectivity index (χ0n) is 15.6. The van der Waals surface area contributed by atoms with Gasteiger partial charge in [0.05, 0.1) is 11.3 Å². The second-order valence-electron chi connectivity index (χ2n) is 6.73. The van der Waals surface area contributed by atoms with Gasteiger partial charge >= 0.3 is 5.97 Å². The predicted octanol–water partition coefficient (Wildman–Crippen LogP) is 4.93. The molecule has 0 fully saturated rings. The molecule has 0 aliphatic rings. The van der Waals surface area contributed by atoms with Gasteiger partial charge in [-0.3, -0.25) is 4.79 Å². The van der Waals surface area contributed by atoms with E-state index in [9.17, 15) is 18.3 Å². The molecule has 3 rings (SSSR count). The smallest absolute Gasteiger partial charge is 0.307 e. The van der Waals surface area contributed by atoms with E-state index in [1.807, 2.05) is 12.1 Å². The molecule has 5 nitrogen and oxygen atoms in total. The standard InChI is InChI=1S/C21H19ClO5S/c1-12-8-17(28(3,25)26)6-7-19(12)27-21-13(2)15(10-20(23)24)9-14-4-5-16(22)11-18(14)21/h4-9,11H,10H2,1-3H3,(H,23,24).